The van der Waals surface area contributed by atoms with Gasteiger partial charge in [0.2, 0.25) is 0 Å². The number of rotatable bonds is 7. The molecule has 0 spiro atoms. The first-order valence-corrected chi connectivity index (χ1v) is 8.76. The molecule has 0 radical (unpaired) electrons. The molecule has 0 atom stereocenters. The van der Waals surface area contributed by atoms with E-state index in [0.29, 0.717) is 18.0 Å². The second-order valence-corrected chi connectivity index (χ2v) is 6.43. The van der Waals surface area contributed by atoms with E-state index in [1.54, 1.807) is 6.07 Å². The Kier molecular flexibility index (Phi) is 5.70. The third kappa shape index (κ3) is 3.86. The zero-order valence-electron chi connectivity index (χ0n) is 15.2. The SMILES string of the molecule is COc1cc(C(=O)NCCc2c[nH]c3ccc(Cl)cc23)c([N+](=O)[O-])cc1OC. The lowest BCUT2D eigenvalue weighted by Crippen LogP contribution is -2.26. The fourth-order valence-corrected chi connectivity index (χ4v) is 3.14. The summed E-state index contributed by atoms with van der Waals surface area (Å²) in [5, 5.41) is 15.7. The summed E-state index contributed by atoms with van der Waals surface area (Å²) in [6, 6.07) is 8.01. The van der Waals surface area contributed by atoms with Gasteiger partial charge < -0.3 is 19.8 Å². The van der Waals surface area contributed by atoms with Crippen LogP contribution in [-0.4, -0.2) is 36.6 Å². The number of carbonyl (C=O) groups is 1. The van der Waals surface area contributed by atoms with Crippen molar-refractivity contribution in [2.75, 3.05) is 20.8 Å². The van der Waals surface area contributed by atoms with Crippen LogP contribution in [0.25, 0.3) is 10.9 Å². The van der Waals surface area contributed by atoms with Crippen molar-refractivity contribution in [2.24, 2.45) is 0 Å². The maximum atomic E-state index is 12.5. The Hall–Kier alpha value is -3.26. The first kappa shape index (κ1) is 19.5. The standard InChI is InChI=1S/C19H18ClN3O5/c1-27-17-8-14(16(23(25)26)9-18(17)28-2)19(24)21-6-5-11-10-22-15-4-3-12(20)7-13(11)15/h3-4,7-10,22H,5-6H2,1-2H3,(H,21,24). The number of H-pyrrole nitrogens is 1. The van der Waals surface area contributed by atoms with Crippen molar-refractivity contribution in [1.29, 1.82) is 0 Å². The molecule has 0 saturated heterocycles. The monoisotopic (exact) mass is 403 g/mol. The second kappa shape index (κ2) is 8.18. The number of benzene rings is 2. The molecule has 0 saturated carbocycles. The predicted octanol–water partition coefficient (Wildman–Crippen LogP) is 3.72. The van der Waals surface area contributed by atoms with Gasteiger partial charge in [0.1, 0.15) is 5.56 Å². The summed E-state index contributed by atoms with van der Waals surface area (Å²) in [5.41, 5.74) is 1.49. The van der Waals surface area contributed by atoms with Crippen molar-refractivity contribution in [3.8, 4) is 11.5 Å². The minimum Gasteiger partial charge on any atom is -0.493 e. The highest BCUT2D eigenvalue weighted by molar-refractivity contribution is 6.31. The Bertz CT molecular complexity index is 1050. The molecule has 1 heterocycles. The molecule has 1 aromatic heterocycles. The molecule has 3 rings (SSSR count). The van der Waals surface area contributed by atoms with Crippen LogP contribution < -0.4 is 14.8 Å². The van der Waals surface area contributed by atoms with Crippen LogP contribution in [-0.2, 0) is 6.42 Å². The zero-order valence-corrected chi connectivity index (χ0v) is 16.0. The highest BCUT2D eigenvalue weighted by Crippen LogP contribution is 2.34. The molecule has 28 heavy (non-hydrogen) atoms. The Morgan fingerprint density at radius 1 is 1.21 bits per heavy atom. The average Bonchev–Trinajstić information content (AvgIpc) is 3.08. The number of ether oxygens (including phenoxy) is 2. The lowest BCUT2D eigenvalue weighted by atomic mass is 10.1. The molecule has 0 aliphatic heterocycles. The number of nitro groups is 1. The van der Waals surface area contributed by atoms with Crippen LogP contribution in [0, 0.1) is 10.1 Å². The summed E-state index contributed by atoms with van der Waals surface area (Å²) < 4.78 is 10.2. The predicted molar refractivity (Wildman–Crippen MR) is 106 cm³/mol. The number of nitrogens with zero attached hydrogens (tertiary/aromatic N) is 1. The van der Waals surface area contributed by atoms with Crippen LogP contribution in [0.5, 0.6) is 11.5 Å². The van der Waals surface area contributed by atoms with Gasteiger partial charge in [-0.1, -0.05) is 11.6 Å². The van der Waals surface area contributed by atoms with Gasteiger partial charge in [0, 0.05) is 34.7 Å². The third-order valence-electron chi connectivity index (χ3n) is 4.35. The van der Waals surface area contributed by atoms with Crippen LogP contribution in [0.1, 0.15) is 15.9 Å². The lowest BCUT2D eigenvalue weighted by molar-refractivity contribution is -0.385. The van der Waals surface area contributed by atoms with E-state index in [9.17, 15) is 14.9 Å². The average molecular weight is 404 g/mol. The molecular formula is C19H18ClN3O5. The van der Waals surface area contributed by atoms with Gasteiger partial charge in [-0.2, -0.15) is 0 Å². The van der Waals surface area contributed by atoms with E-state index in [1.165, 1.54) is 26.4 Å². The van der Waals surface area contributed by atoms with E-state index >= 15 is 0 Å². The molecule has 1 amide bonds. The Balaban J connectivity index is 1.77. The minimum absolute atomic E-state index is 0.0929. The number of nitrogens with one attached hydrogen (secondary N) is 2. The van der Waals surface area contributed by atoms with Crippen molar-refractivity contribution in [1.82, 2.24) is 10.3 Å². The zero-order chi connectivity index (χ0) is 20.3. The van der Waals surface area contributed by atoms with Crippen molar-refractivity contribution in [3.63, 3.8) is 0 Å². The first-order chi connectivity index (χ1) is 13.4. The maximum absolute atomic E-state index is 12.5. The van der Waals surface area contributed by atoms with E-state index in [1.807, 2.05) is 18.3 Å². The van der Waals surface area contributed by atoms with Crippen molar-refractivity contribution in [3.05, 3.63) is 62.8 Å². The largest absolute Gasteiger partial charge is 0.493 e. The summed E-state index contributed by atoms with van der Waals surface area (Å²) in [4.78, 5) is 26.4. The Morgan fingerprint density at radius 2 is 1.93 bits per heavy atom. The Labute approximate surface area is 165 Å². The van der Waals surface area contributed by atoms with E-state index in [2.05, 4.69) is 10.3 Å². The van der Waals surface area contributed by atoms with Crippen LogP contribution in [0.3, 0.4) is 0 Å². The van der Waals surface area contributed by atoms with Crippen LogP contribution in [0.2, 0.25) is 5.02 Å². The van der Waals surface area contributed by atoms with E-state index in [4.69, 9.17) is 21.1 Å². The van der Waals surface area contributed by atoms with E-state index in [0.717, 1.165) is 16.5 Å². The molecule has 3 aromatic rings. The molecule has 0 aliphatic rings. The number of hydrogen-bond acceptors (Lipinski definition) is 5. The first-order valence-electron chi connectivity index (χ1n) is 8.38. The van der Waals surface area contributed by atoms with Crippen molar-refractivity contribution >= 4 is 34.1 Å². The van der Waals surface area contributed by atoms with Crippen molar-refractivity contribution in [2.45, 2.75) is 6.42 Å². The summed E-state index contributed by atoms with van der Waals surface area (Å²) in [6.45, 7) is 0.295. The smallest absolute Gasteiger partial charge is 0.286 e. The number of halogens is 1. The number of hydrogen-bond donors (Lipinski definition) is 2. The number of carbonyl (C=O) groups excluding carboxylic acids is 1. The highest BCUT2D eigenvalue weighted by atomic mass is 35.5. The van der Waals surface area contributed by atoms with Crippen molar-refractivity contribution < 1.29 is 19.2 Å². The molecule has 0 fully saturated rings. The minimum atomic E-state index is -0.626. The second-order valence-electron chi connectivity index (χ2n) is 5.99. The van der Waals surface area contributed by atoms with Gasteiger partial charge in [-0.15, -0.1) is 0 Å². The van der Waals surface area contributed by atoms with E-state index < -0.39 is 10.8 Å². The van der Waals surface area contributed by atoms with Crippen LogP contribution in [0.4, 0.5) is 5.69 Å². The van der Waals surface area contributed by atoms with Gasteiger partial charge >= 0.3 is 0 Å². The van der Waals surface area contributed by atoms with Gasteiger partial charge in [0.25, 0.3) is 11.6 Å². The number of fused-ring (bicyclic) bond motifs is 1. The highest BCUT2D eigenvalue weighted by Gasteiger charge is 2.24. The van der Waals surface area contributed by atoms with Gasteiger partial charge in [0.05, 0.1) is 25.2 Å². The number of methoxy groups -OCH3 is 2. The molecule has 146 valence electrons. The van der Waals surface area contributed by atoms with Gasteiger partial charge in [0.15, 0.2) is 11.5 Å². The fourth-order valence-electron chi connectivity index (χ4n) is 2.96. The number of aromatic amines is 1. The summed E-state index contributed by atoms with van der Waals surface area (Å²) in [6.07, 6.45) is 2.39. The summed E-state index contributed by atoms with van der Waals surface area (Å²) in [7, 11) is 2.77. The molecule has 0 bridgehead atoms. The molecule has 0 aliphatic carbocycles. The number of nitro benzene ring substituents is 1. The van der Waals surface area contributed by atoms with Gasteiger partial charge in [-0.25, -0.2) is 0 Å². The normalized spacial score (nSPS) is 10.7. The maximum Gasteiger partial charge on any atom is 0.286 e. The molecule has 0 unspecified atom stereocenters. The summed E-state index contributed by atoms with van der Waals surface area (Å²) in [5.74, 6) is -0.142. The molecule has 9 heteroatoms. The van der Waals surface area contributed by atoms with Crippen LogP contribution >= 0.6 is 11.6 Å². The molecule has 2 N–H and O–H groups in total. The lowest BCUT2D eigenvalue weighted by Gasteiger charge is -2.11. The third-order valence-corrected chi connectivity index (χ3v) is 4.59. The molecular weight excluding hydrogens is 386 g/mol. The topological polar surface area (TPSA) is 106 Å². The van der Waals surface area contributed by atoms with Gasteiger partial charge in [-0.05, 0) is 30.2 Å². The number of amides is 1. The summed E-state index contributed by atoms with van der Waals surface area (Å²) >= 11 is 6.04. The molecule has 8 nitrogen and oxygen atoms in total. The van der Waals surface area contributed by atoms with Gasteiger partial charge in [-0.3, -0.25) is 14.9 Å². The number of aromatic nitrogens is 1. The quantitative estimate of drug-likeness (QED) is 0.462. The van der Waals surface area contributed by atoms with Crippen LogP contribution in [0.15, 0.2) is 36.5 Å². The molecule has 2 aromatic carbocycles. The fraction of sp³-hybridized carbons (Fsp3) is 0.211. The van der Waals surface area contributed by atoms with E-state index in [-0.39, 0.29) is 22.7 Å². The Morgan fingerprint density at radius 3 is 2.61 bits per heavy atom.